The second-order valence-corrected chi connectivity index (χ2v) is 13.0. The van der Waals surface area contributed by atoms with Crippen molar-refractivity contribution in [2.45, 2.75) is 51.0 Å². The van der Waals surface area contributed by atoms with Gasteiger partial charge in [-0.15, -0.1) is 0 Å². The molecule has 1 saturated heterocycles. The standard InChI is InChI=1S/C40H39F5N4O3/c1-52-23-22-47-20-17-32(18-21-47)49(25-27-7-9-28(10-8-27)29-11-14-31(15-12-29)40(43,44)45)37(51)26-48-33(16-13-30-4-2-5-34(41)38(30)42)24-36(50)39-35(48)6-3-19-46-39/h2-12,14-15,19,24,32H,13,16-18,20-23,25-26H2,1H3. The van der Waals surface area contributed by atoms with Crippen molar-refractivity contribution in [2.75, 3.05) is 33.4 Å². The van der Waals surface area contributed by atoms with E-state index in [-0.39, 0.29) is 54.4 Å². The van der Waals surface area contributed by atoms with Gasteiger partial charge in [-0.1, -0.05) is 48.5 Å². The molecule has 3 aromatic carbocycles. The molecule has 1 amide bonds. The summed E-state index contributed by atoms with van der Waals surface area (Å²) in [6.07, 6.45) is -1.16. The van der Waals surface area contributed by atoms with E-state index in [4.69, 9.17) is 4.74 Å². The summed E-state index contributed by atoms with van der Waals surface area (Å²) in [4.78, 5) is 36.1. The Balaban J connectivity index is 1.28. The Bertz CT molecular complexity index is 2060. The minimum atomic E-state index is -4.42. The van der Waals surface area contributed by atoms with Crippen LogP contribution in [0.5, 0.6) is 0 Å². The van der Waals surface area contributed by atoms with E-state index in [0.29, 0.717) is 23.4 Å². The molecule has 0 N–H and O–H groups in total. The molecule has 0 atom stereocenters. The van der Waals surface area contributed by atoms with Crippen LogP contribution in [-0.4, -0.2) is 64.7 Å². The number of piperidine rings is 1. The van der Waals surface area contributed by atoms with Gasteiger partial charge < -0.3 is 19.1 Å². The van der Waals surface area contributed by atoms with E-state index in [1.54, 1.807) is 23.8 Å². The van der Waals surface area contributed by atoms with E-state index in [0.717, 1.165) is 61.8 Å². The second-order valence-electron chi connectivity index (χ2n) is 13.0. The number of ether oxygens (including phenoxy) is 1. The van der Waals surface area contributed by atoms with Crippen LogP contribution in [0.3, 0.4) is 0 Å². The van der Waals surface area contributed by atoms with Crippen molar-refractivity contribution in [1.82, 2.24) is 19.4 Å². The van der Waals surface area contributed by atoms with Crippen molar-refractivity contribution < 1.29 is 31.5 Å². The topological polar surface area (TPSA) is 67.7 Å². The number of carbonyl (C=O) groups excluding carboxylic acids is 1. The molecule has 52 heavy (non-hydrogen) atoms. The molecule has 1 fully saturated rings. The van der Waals surface area contributed by atoms with Crippen LogP contribution in [0.15, 0.2) is 95.9 Å². The fourth-order valence-electron chi connectivity index (χ4n) is 6.83. The number of methoxy groups -OCH3 is 1. The minimum Gasteiger partial charge on any atom is -0.383 e. The Morgan fingerprint density at radius 1 is 0.923 bits per heavy atom. The highest BCUT2D eigenvalue weighted by Gasteiger charge is 2.31. The average Bonchev–Trinajstić information content (AvgIpc) is 3.15. The van der Waals surface area contributed by atoms with E-state index in [1.807, 2.05) is 29.2 Å². The first kappa shape index (κ1) is 36.8. The third-order valence-electron chi connectivity index (χ3n) is 9.71. The van der Waals surface area contributed by atoms with E-state index in [2.05, 4.69) is 9.88 Å². The van der Waals surface area contributed by atoms with Crippen molar-refractivity contribution in [3.8, 4) is 11.1 Å². The molecule has 6 rings (SSSR count). The second kappa shape index (κ2) is 16.2. The molecule has 2 aromatic heterocycles. The third-order valence-corrected chi connectivity index (χ3v) is 9.71. The zero-order valence-corrected chi connectivity index (χ0v) is 28.7. The fraction of sp³-hybridized carbons (Fsp3) is 0.325. The number of amides is 1. The Labute approximate surface area is 298 Å². The van der Waals surface area contributed by atoms with Crippen LogP contribution in [0.4, 0.5) is 22.0 Å². The highest BCUT2D eigenvalue weighted by molar-refractivity contribution is 5.81. The predicted molar refractivity (Wildman–Crippen MR) is 189 cm³/mol. The number of halogens is 5. The summed E-state index contributed by atoms with van der Waals surface area (Å²) in [5.41, 5.74) is 2.51. The van der Waals surface area contributed by atoms with Crippen LogP contribution in [0.1, 0.15) is 35.2 Å². The lowest BCUT2D eigenvalue weighted by atomic mass is 10.00. The Hall–Kier alpha value is -4.94. The number of aromatic nitrogens is 2. The number of likely N-dealkylation sites (tertiary alicyclic amines) is 1. The van der Waals surface area contributed by atoms with Crippen molar-refractivity contribution in [3.63, 3.8) is 0 Å². The number of hydrogen-bond acceptors (Lipinski definition) is 5. The van der Waals surface area contributed by atoms with Crippen molar-refractivity contribution in [1.29, 1.82) is 0 Å². The first-order chi connectivity index (χ1) is 25.0. The molecule has 0 aliphatic carbocycles. The maximum atomic E-state index is 14.6. The highest BCUT2D eigenvalue weighted by Crippen LogP contribution is 2.31. The van der Waals surface area contributed by atoms with Crippen LogP contribution in [0.2, 0.25) is 0 Å². The number of hydrogen-bond donors (Lipinski definition) is 0. The highest BCUT2D eigenvalue weighted by atomic mass is 19.4. The monoisotopic (exact) mass is 718 g/mol. The minimum absolute atomic E-state index is 0.0884. The molecule has 0 unspecified atom stereocenters. The van der Waals surface area contributed by atoms with Gasteiger partial charge >= 0.3 is 6.18 Å². The van der Waals surface area contributed by atoms with Gasteiger partial charge in [0.1, 0.15) is 12.1 Å². The van der Waals surface area contributed by atoms with E-state index >= 15 is 0 Å². The molecule has 0 saturated carbocycles. The van der Waals surface area contributed by atoms with Crippen molar-refractivity contribution >= 4 is 16.9 Å². The number of pyridine rings is 2. The number of fused-ring (bicyclic) bond motifs is 1. The summed E-state index contributed by atoms with van der Waals surface area (Å²) in [5, 5.41) is 0. The van der Waals surface area contributed by atoms with Crippen LogP contribution < -0.4 is 5.43 Å². The Kier molecular flexibility index (Phi) is 11.5. The molecule has 0 spiro atoms. The SMILES string of the molecule is COCCN1CCC(N(Cc2ccc(-c3ccc(C(F)(F)F)cc3)cc2)C(=O)Cn2c(CCc3cccc(F)c3F)cc(=O)c3ncccc32)CC1. The average molecular weight is 719 g/mol. The van der Waals surface area contributed by atoms with Gasteiger partial charge in [0, 0.05) is 57.3 Å². The molecule has 1 aliphatic rings. The molecule has 7 nitrogen and oxygen atoms in total. The van der Waals surface area contributed by atoms with E-state index in [9.17, 15) is 31.5 Å². The van der Waals surface area contributed by atoms with Crippen LogP contribution >= 0.6 is 0 Å². The maximum Gasteiger partial charge on any atom is 0.416 e. The van der Waals surface area contributed by atoms with Crippen LogP contribution in [0.25, 0.3) is 22.2 Å². The molecule has 5 aromatic rings. The number of nitrogens with zero attached hydrogens (tertiary/aromatic N) is 4. The molecular weight excluding hydrogens is 679 g/mol. The Morgan fingerprint density at radius 3 is 2.29 bits per heavy atom. The van der Waals surface area contributed by atoms with Crippen molar-refractivity contribution in [2.24, 2.45) is 0 Å². The molecular formula is C40H39F5N4O3. The van der Waals surface area contributed by atoms with Gasteiger partial charge in [-0.2, -0.15) is 13.2 Å². The Morgan fingerprint density at radius 2 is 1.62 bits per heavy atom. The van der Waals surface area contributed by atoms with Crippen molar-refractivity contribution in [3.05, 3.63) is 135 Å². The molecule has 272 valence electrons. The van der Waals surface area contributed by atoms with Crippen LogP contribution in [0, 0.1) is 11.6 Å². The lowest BCUT2D eigenvalue weighted by Gasteiger charge is -2.39. The lowest BCUT2D eigenvalue weighted by molar-refractivity contribution is -0.137. The number of rotatable bonds is 12. The predicted octanol–water partition coefficient (Wildman–Crippen LogP) is 7.29. The van der Waals surface area contributed by atoms with Gasteiger partial charge in [0.15, 0.2) is 11.6 Å². The number of carbonyl (C=O) groups is 1. The maximum absolute atomic E-state index is 14.6. The summed E-state index contributed by atoms with van der Waals surface area (Å²) < 4.78 is 74.9. The van der Waals surface area contributed by atoms with E-state index < -0.39 is 23.4 Å². The number of aryl methyl sites for hydroxylation is 2. The summed E-state index contributed by atoms with van der Waals surface area (Å²) in [6, 6.07) is 21.1. The lowest BCUT2D eigenvalue weighted by Crippen LogP contribution is -2.48. The third kappa shape index (κ3) is 8.56. The molecule has 1 aliphatic heterocycles. The van der Waals surface area contributed by atoms with Gasteiger partial charge in [0.2, 0.25) is 11.3 Å². The largest absolute Gasteiger partial charge is 0.416 e. The first-order valence-corrected chi connectivity index (χ1v) is 17.2. The van der Waals surface area contributed by atoms with E-state index in [1.165, 1.54) is 36.5 Å². The zero-order valence-electron chi connectivity index (χ0n) is 28.7. The smallest absolute Gasteiger partial charge is 0.383 e. The first-order valence-electron chi connectivity index (χ1n) is 17.2. The van der Waals surface area contributed by atoms with Gasteiger partial charge in [-0.25, -0.2) is 8.78 Å². The number of benzene rings is 3. The zero-order chi connectivity index (χ0) is 36.8. The summed E-state index contributed by atoms with van der Waals surface area (Å²) in [6.45, 7) is 3.12. The summed E-state index contributed by atoms with van der Waals surface area (Å²) in [7, 11) is 1.66. The molecule has 0 radical (unpaired) electrons. The summed E-state index contributed by atoms with van der Waals surface area (Å²) in [5.74, 6) is -2.08. The summed E-state index contributed by atoms with van der Waals surface area (Å²) >= 11 is 0. The molecule has 12 heteroatoms. The van der Waals surface area contributed by atoms with Gasteiger partial charge in [-0.3, -0.25) is 14.6 Å². The van der Waals surface area contributed by atoms with Gasteiger partial charge in [-0.05, 0) is 78.3 Å². The van der Waals surface area contributed by atoms with Gasteiger partial charge in [0.05, 0.1) is 17.7 Å². The molecule has 3 heterocycles. The number of alkyl halides is 3. The molecule has 0 bridgehead atoms. The van der Waals surface area contributed by atoms with Crippen LogP contribution in [-0.2, 0) is 41.6 Å². The quantitative estimate of drug-likeness (QED) is 0.127. The normalized spacial score (nSPS) is 14.2. The fourth-order valence-corrected chi connectivity index (χ4v) is 6.83. The van der Waals surface area contributed by atoms with Gasteiger partial charge in [0.25, 0.3) is 0 Å².